The topological polar surface area (TPSA) is 121 Å². The number of nitrogens with one attached hydrogen (secondary N) is 2. The Labute approximate surface area is 219 Å². The van der Waals surface area contributed by atoms with Gasteiger partial charge in [-0.2, -0.15) is 13.8 Å². The number of carbonyl (C=O) groups excluding carboxylic acids is 1. The van der Waals surface area contributed by atoms with Crippen molar-refractivity contribution in [2.45, 2.75) is 44.6 Å². The SMILES string of the molecule is O=C(Nc1cccc(OC2CC(=C(F)F)C2)n1)c1ccc(NS(=O)(=O)CCO)cc1N1CCC2(CC1)CC2. The Kier molecular flexibility index (Phi) is 7.28. The summed E-state index contributed by atoms with van der Waals surface area (Å²) in [5.41, 5.74) is 1.78. The largest absolute Gasteiger partial charge is 0.474 e. The Balaban J connectivity index is 1.33. The van der Waals surface area contributed by atoms with Crippen molar-refractivity contribution < 1.29 is 31.8 Å². The Morgan fingerprint density at radius 2 is 1.87 bits per heavy atom. The highest BCUT2D eigenvalue weighted by Gasteiger charge is 2.44. The average molecular weight is 549 g/mol. The van der Waals surface area contributed by atoms with E-state index in [0.717, 1.165) is 25.9 Å². The number of aromatic nitrogens is 1. The number of halogens is 2. The molecule has 3 N–H and O–H groups in total. The Morgan fingerprint density at radius 3 is 2.53 bits per heavy atom. The first-order valence-corrected chi connectivity index (χ1v) is 14.3. The molecule has 2 aliphatic carbocycles. The van der Waals surface area contributed by atoms with Gasteiger partial charge in [0.2, 0.25) is 15.9 Å². The average Bonchev–Trinajstić information content (AvgIpc) is 3.60. The van der Waals surface area contributed by atoms with E-state index in [0.29, 0.717) is 22.4 Å². The van der Waals surface area contributed by atoms with Gasteiger partial charge in [-0.1, -0.05) is 6.07 Å². The molecule has 3 aliphatic rings. The van der Waals surface area contributed by atoms with Crippen LogP contribution in [0.25, 0.3) is 0 Å². The normalized spacial score (nSPS) is 20.0. The zero-order valence-electron chi connectivity index (χ0n) is 20.8. The number of aliphatic hydroxyl groups excluding tert-OH is 1. The fourth-order valence-corrected chi connectivity index (χ4v) is 5.76. The smallest absolute Gasteiger partial charge is 0.269 e. The number of rotatable bonds is 9. The summed E-state index contributed by atoms with van der Waals surface area (Å²) in [6.07, 6.45) is 2.72. The molecule has 38 heavy (non-hydrogen) atoms. The number of piperidine rings is 1. The van der Waals surface area contributed by atoms with E-state index in [2.05, 4.69) is 19.9 Å². The van der Waals surface area contributed by atoms with E-state index < -0.39 is 34.4 Å². The quantitative estimate of drug-likeness (QED) is 0.431. The Bertz CT molecular complexity index is 1340. The molecule has 1 aliphatic heterocycles. The zero-order valence-corrected chi connectivity index (χ0v) is 21.6. The first kappa shape index (κ1) is 26.4. The first-order valence-electron chi connectivity index (χ1n) is 12.6. The third-order valence-corrected chi connectivity index (χ3v) is 8.73. The number of ether oxygens (including phenoxy) is 1. The second-order valence-electron chi connectivity index (χ2n) is 10.2. The molecule has 204 valence electrons. The van der Waals surface area contributed by atoms with Crippen LogP contribution in [-0.4, -0.2) is 56.0 Å². The van der Waals surface area contributed by atoms with Crippen molar-refractivity contribution in [1.29, 1.82) is 0 Å². The number of carbonyl (C=O) groups is 1. The fourth-order valence-electron chi connectivity index (χ4n) is 4.93. The molecule has 9 nitrogen and oxygen atoms in total. The van der Waals surface area contributed by atoms with E-state index in [-0.39, 0.29) is 36.2 Å². The van der Waals surface area contributed by atoms with Gasteiger partial charge >= 0.3 is 0 Å². The van der Waals surface area contributed by atoms with Crippen molar-refractivity contribution in [3.63, 3.8) is 0 Å². The molecule has 2 saturated carbocycles. The molecule has 1 amide bonds. The standard InChI is InChI=1S/C26H30F2N4O5S/c27-24(28)17-14-19(15-17)37-23-3-1-2-22(29-23)30-25(34)20-5-4-18(31-38(35,36)13-12-33)16-21(20)32-10-8-26(6-7-26)9-11-32/h1-5,16,19,31,33H,6-15H2,(H,29,30,34). The Morgan fingerprint density at radius 1 is 1.13 bits per heavy atom. The van der Waals surface area contributed by atoms with Crippen molar-refractivity contribution in [1.82, 2.24) is 4.98 Å². The summed E-state index contributed by atoms with van der Waals surface area (Å²) >= 11 is 0. The number of hydrogen-bond acceptors (Lipinski definition) is 7. The van der Waals surface area contributed by atoms with E-state index >= 15 is 0 Å². The van der Waals surface area contributed by atoms with Crippen LogP contribution in [0.1, 0.15) is 48.9 Å². The van der Waals surface area contributed by atoms with Crippen molar-refractivity contribution in [2.75, 3.05) is 40.4 Å². The van der Waals surface area contributed by atoms with Crippen LogP contribution in [-0.2, 0) is 10.0 Å². The number of benzene rings is 1. The van der Waals surface area contributed by atoms with Gasteiger partial charge in [-0.25, -0.2) is 8.42 Å². The highest BCUT2D eigenvalue weighted by molar-refractivity contribution is 7.92. The van der Waals surface area contributed by atoms with E-state index in [9.17, 15) is 22.0 Å². The van der Waals surface area contributed by atoms with Crippen LogP contribution < -0.4 is 19.7 Å². The van der Waals surface area contributed by atoms with Gasteiger partial charge in [-0.3, -0.25) is 9.52 Å². The van der Waals surface area contributed by atoms with Crippen molar-refractivity contribution >= 4 is 33.1 Å². The molecule has 0 bridgehead atoms. The maximum Gasteiger partial charge on any atom is 0.269 e. The molecular weight excluding hydrogens is 518 g/mol. The molecule has 12 heteroatoms. The van der Waals surface area contributed by atoms with Gasteiger partial charge in [0.05, 0.1) is 29.3 Å². The number of anilines is 3. The number of pyridine rings is 1. The number of nitrogens with zero attached hydrogens (tertiary/aromatic N) is 2. The van der Waals surface area contributed by atoms with Gasteiger partial charge < -0.3 is 20.1 Å². The minimum Gasteiger partial charge on any atom is -0.474 e. The summed E-state index contributed by atoms with van der Waals surface area (Å²) in [5.74, 6) is -0.379. The van der Waals surface area contributed by atoms with Crippen molar-refractivity contribution in [2.24, 2.45) is 5.41 Å². The second kappa shape index (κ2) is 10.5. The minimum atomic E-state index is -3.73. The number of aliphatic hydroxyl groups is 1. The molecule has 0 unspecified atom stereocenters. The van der Waals surface area contributed by atoms with Gasteiger partial charge in [0.15, 0.2) is 0 Å². The molecule has 1 aromatic carbocycles. The Hall–Kier alpha value is -3.25. The number of amides is 1. The van der Waals surface area contributed by atoms with Crippen LogP contribution in [0.5, 0.6) is 5.88 Å². The maximum atomic E-state index is 13.4. The first-order chi connectivity index (χ1) is 18.2. The molecule has 1 saturated heterocycles. The van der Waals surface area contributed by atoms with Gasteiger partial charge in [0.1, 0.15) is 11.9 Å². The van der Waals surface area contributed by atoms with Crippen LogP contribution in [0.4, 0.5) is 26.0 Å². The summed E-state index contributed by atoms with van der Waals surface area (Å²) in [4.78, 5) is 19.8. The second-order valence-corrected chi connectivity index (χ2v) is 12.0. The summed E-state index contributed by atoms with van der Waals surface area (Å²) in [6.45, 7) is 1.01. The van der Waals surface area contributed by atoms with Crippen LogP contribution >= 0.6 is 0 Å². The lowest BCUT2D eigenvalue weighted by Crippen LogP contribution is -2.35. The summed E-state index contributed by atoms with van der Waals surface area (Å²) in [5, 5.41) is 11.8. The van der Waals surface area contributed by atoms with Crippen LogP contribution in [0.2, 0.25) is 0 Å². The van der Waals surface area contributed by atoms with Crippen LogP contribution in [0.15, 0.2) is 48.1 Å². The van der Waals surface area contributed by atoms with Gasteiger partial charge in [-0.15, -0.1) is 0 Å². The van der Waals surface area contributed by atoms with E-state index in [1.165, 1.54) is 18.9 Å². The summed E-state index contributed by atoms with van der Waals surface area (Å²) in [7, 11) is -3.73. The van der Waals surface area contributed by atoms with Gasteiger partial charge in [0, 0.05) is 37.6 Å². The number of sulfonamides is 1. The molecular formula is C26H30F2N4O5S. The maximum absolute atomic E-state index is 13.4. The van der Waals surface area contributed by atoms with Crippen molar-refractivity contribution in [3.8, 4) is 5.88 Å². The molecule has 1 aromatic heterocycles. The van der Waals surface area contributed by atoms with Gasteiger partial charge in [0.25, 0.3) is 12.0 Å². The molecule has 0 atom stereocenters. The lowest BCUT2D eigenvalue weighted by molar-refractivity contribution is 0.102. The third-order valence-electron chi connectivity index (χ3n) is 7.47. The molecule has 5 rings (SSSR count). The molecule has 1 spiro atoms. The van der Waals surface area contributed by atoms with Gasteiger partial charge in [-0.05, 0) is 55.4 Å². The van der Waals surface area contributed by atoms with Crippen molar-refractivity contribution in [3.05, 3.63) is 53.6 Å². The highest BCUT2D eigenvalue weighted by Crippen LogP contribution is 2.54. The summed E-state index contributed by atoms with van der Waals surface area (Å²) in [6, 6.07) is 9.59. The zero-order chi connectivity index (χ0) is 26.9. The van der Waals surface area contributed by atoms with Crippen LogP contribution in [0, 0.1) is 5.41 Å². The monoisotopic (exact) mass is 548 g/mol. The third kappa shape index (κ3) is 6.07. The lowest BCUT2D eigenvalue weighted by Gasteiger charge is -2.35. The lowest BCUT2D eigenvalue weighted by atomic mass is 9.90. The highest BCUT2D eigenvalue weighted by atomic mass is 32.2. The number of hydrogen-bond donors (Lipinski definition) is 3. The summed E-state index contributed by atoms with van der Waals surface area (Å²) < 4.78 is 57.8. The molecule has 2 heterocycles. The molecule has 3 fully saturated rings. The molecule has 0 radical (unpaired) electrons. The predicted octanol–water partition coefficient (Wildman–Crippen LogP) is 4.14. The van der Waals surface area contributed by atoms with E-state index in [1.54, 1.807) is 30.3 Å². The molecule has 2 aromatic rings. The minimum absolute atomic E-state index is 0.0828. The van der Waals surface area contributed by atoms with Crippen LogP contribution in [0.3, 0.4) is 0 Å². The van der Waals surface area contributed by atoms with E-state index in [4.69, 9.17) is 9.84 Å². The fraction of sp³-hybridized carbons (Fsp3) is 0.462. The predicted molar refractivity (Wildman–Crippen MR) is 139 cm³/mol. The van der Waals surface area contributed by atoms with E-state index in [1.807, 2.05) is 0 Å².